The van der Waals surface area contributed by atoms with Gasteiger partial charge in [-0.2, -0.15) is 0 Å². The second-order valence-corrected chi connectivity index (χ2v) is 7.74. The van der Waals surface area contributed by atoms with E-state index < -0.39 is 24.0 Å². The van der Waals surface area contributed by atoms with Crippen molar-refractivity contribution in [1.29, 1.82) is 0 Å². The summed E-state index contributed by atoms with van der Waals surface area (Å²) in [7, 11) is 0. The number of carbonyl (C=O) groups is 4. The summed E-state index contributed by atoms with van der Waals surface area (Å²) in [5.41, 5.74) is 10.5. The summed E-state index contributed by atoms with van der Waals surface area (Å²) in [4.78, 5) is 41.1. The lowest BCUT2D eigenvalue weighted by Crippen LogP contribution is -2.40. The van der Waals surface area contributed by atoms with Crippen LogP contribution in [0.5, 0.6) is 0 Å². The number of hydrogen-bond acceptors (Lipinski definition) is 6. The highest BCUT2D eigenvalue weighted by Crippen LogP contribution is 2.04. The second kappa shape index (κ2) is 19.3. The molecule has 1 amide bonds. The molecule has 0 aromatic heterocycles. The molecule has 0 aliphatic carbocycles. The third kappa shape index (κ3) is 26.0. The molecule has 0 aliphatic rings. The van der Waals surface area contributed by atoms with E-state index >= 15 is 0 Å². The van der Waals surface area contributed by atoms with E-state index in [-0.39, 0.29) is 17.9 Å². The summed E-state index contributed by atoms with van der Waals surface area (Å²) >= 11 is 0. The van der Waals surface area contributed by atoms with Gasteiger partial charge in [-0.3, -0.25) is 9.59 Å². The Hall–Kier alpha value is -2.00. The Kier molecular flexibility index (Phi) is 21.1. The van der Waals surface area contributed by atoms with Crippen LogP contribution in [0.15, 0.2) is 0 Å². The summed E-state index contributed by atoms with van der Waals surface area (Å²) in [5, 5.41) is 19.3. The fraction of sp³-hybridized carbons (Fsp3) is 0.800. The molecule has 7 N–H and O–H groups in total. The molecule has 172 valence electrons. The van der Waals surface area contributed by atoms with Crippen LogP contribution in [0.25, 0.3) is 0 Å². The number of nitrogens with two attached hydrogens (primary N) is 2. The van der Waals surface area contributed by atoms with E-state index in [1.807, 2.05) is 27.7 Å². The zero-order chi connectivity index (χ0) is 23.6. The first-order chi connectivity index (χ1) is 13.3. The smallest absolute Gasteiger partial charge is 0.326 e. The van der Waals surface area contributed by atoms with Gasteiger partial charge >= 0.3 is 11.9 Å². The quantitative estimate of drug-likeness (QED) is 0.315. The van der Waals surface area contributed by atoms with Gasteiger partial charge in [-0.1, -0.05) is 47.5 Å². The van der Waals surface area contributed by atoms with Gasteiger partial charge in [0.2, 0.25) is 5.91 Å². The van der Waals surface area contributed by atoms with Gasteiger partial charge < -0.3 is 31.8 Å². The van der Waals surface area contributed by atoms with Crippen LogP contribution in [0, 0.1) is 11.8 Å². The van der Waals surface area contributed by atoms with Crippen LogP contribution in [0.1, 0.15) is 73.6 Å². The van der Waals surface area contributed by atoms with Gasteiger partial charge in [-0.15, -0.1) is 0 Å². The van der Waals surface area contributed by atoms with Crippen LogP contribution in [-0.2, 0) is 19.2 Å². The minimum Gasteiger partial charge on any atom is -0.480 e. The van der Waals surface area contributed by atoms with Gasteiger partial charge in [-0.25, -0.2) is 4.79 Å². The molecular formula is C20H41N3O6. The van der Waals surface area contributed by atoms with E-state index in [0.29, 0.717) is 18.8 Å². The first kappa shape index (κ1) is 31.7. The van der Waals surface area contributed by atoms with Crippen molar-refractivity contribution in [1.82, 2.24) is 5.32 Å². The van der Waals surface area contributed by atoms with Crippen molar-refractivity contribution < 1.29 is 29.4 Å². The molecule has 0 bridgehead atoms. The third-order valence-electron chi connectivity index (χ3n) is 3.49. The zero-order valence-corrected chi connectivity index (χ0v) is 18.7. The van der Waals surface area contributed by atoms with E-state index in [9.17, 15) is 19.2 Å². The average Bonchev–Trinajstić information content (AvgIpc) is 2.58. The van der Waals surface area contributed by atoms with E-state index in [0.717, 1.165) is 25.5 Å². The molecule has 0 heterocycles. The van der Waals surface area contributed by atoms with E-state index in [1.54, 1.807) is 0 Å². The molecule has 9 heteroatoms. The number of amides is 1. The summed E-state index contributed by atoms with van der Waals surface area (Å²) in [6.07, 6.45) is 4.82. The van der Waals surface area contributed by atoms with Gasteiger partial charge in [0.25, 0.3) is 0 Å². The predicted molar refractivity (Wildman–Crippen MR) is 113 cm³/mol. The number of aliphatic carboxylic acids is 2. The number of unbranched alkanes of at least 4 members (excludes halogenated alkanes) is 1. The molecule has 0 rings (SSSR count). The fourth-order valence-corrected chi connectivity index (χ4v) is 2.05. The van der Waals surface area contributed by atoms with Gasteiger partial charge in [0.05, 0.1) is 6.04 Å². The van der Waals surface area contributed by atoms with Crippen LogP contribution < -0.4 is 16.8 Å². The van der Waals surface area contributed by atoms with Crippen LogP contribution in [-0.4, -0.2) is 52.5 Å². The molecule has 0 aromatic rings. The number of rotatable bonds is 11. The number of carbonyl (C=O) groups excluding carboxylic acids is 2. The van der Waals surface area contributed by atoms with Crippen molar-refractivity contribution in [3.63, 3.8) is 0 Å². The molecule has 0 unspecified atom stereocenters. The molecule has 0 radical (unpaired) electrons. The highest BCUT2D eigenvalue weighted by molar-refractivity contribution is 5.82. The van der Waals surface area contributed by atoms with Crippen molar-refractivity contribution in [2.45, 2.75) is 91.8 Å². The maximum atomic E-state index is 10.6. The lowest BCUT2D eigenvalue weighted by molar-refractivity contribution is -0.142. The number of aldehydes is 1. The van der Waals surface area contributed by atoms with Crippen molar-refractivity contribution >= 4 is 24.1 Å². The number of carboxylic acids is 2. The van der Waals surface area contributed by atoms with Crippen molar-refractivity contribution in [2.24, 2.45) is 23.3 Å². The lowest BCUT2D eigenvalue weighted by Gasteiger charge is -2.14. The van der Waals surface area contributed by atoms with Crippen molar-refractivity contribution in [3.8, 4) is 0 Å². The summed E-state index contributed by atoms with van der Waals surface area (Å²) < 4.78 is 0. The van der Waals surface area contributed by atoms with Crippen molar-refractivity contribution in [3.05, 3.63) is 0 Å². The van der Waals surface area contributed by atoms with Crippen LogP contribution >= 0.6 is 0 Å². The predicted octanol–water partition coefficient (Wildman–Crippen LogP) is 1.77. The Labute approximate surface area is 174 Å². The molecule has 0 aliphatic heterocycles. The maximum absolute atomic E-state index is 10.6. The minimum atomic E-state index is -0.973. The lowest BCUT2D eigenvalue weighted by atomic mass is 10.0. The molecule has 0 fully saturated rings. The summed E-state index contributed by atoms with van der Waals surface area (Å²) in [5.74, 6) is -1.57. The molecular weight excluding hydrogens is 378 g/mol. The number of hydrogen-bond donors (Lipinski definition) is 5. The molecule has 0 aromatic carbocycles. The van der Waals surface area contributed by atoms with Crippen LogP contribution in [0.2, 0.25) is 0 Å². The van der Waals surface area contributed by atoms with E-state index in [4.69, 9.17) is 21.7 Å². The molecule has 3 atom stereocenters. The minimum absolute atomic E-state index is 0.227. The first-order valence-corrected chi connectivity index (χ1v) is 9.97. The Balaban J connectivity index is -0.000000359. The SMILES string of the molecule is CC(=O)N[C@@H](CC(C)C)C(=O)O.CC(C)C[C@H](N)C(=O)O.CCCC[C@H](N)C=O. The van der Waals surface area contributed by atoms with Gasteiger partial charge in [0.15, 0.2) is 0 Å². The number of nitrogens with one attached hydrogen (secondary N) is 1. The highest BCUT2D eigenvalue weighted by Gasteiger charge is 2.18. The normalized spacial score (nSPS) is 13.2. The maximum Gasteiger partial charge on any atom is 0.326 e. The van der Waals surface area contributed by atoms with Gasteiger partial charge in [0, 0.05) is 6.92 Å². The summed E-state index contributed by atoms with van der Waals surface area (Å²) in [6.45, 7) is 11.1. The Morgan fingerprint density at radius 3 is 1.69 bits per heavy atom. The summed E-state index contributed by atoms with van der Waals surface area (Å²) in [6, 6.07) is -1.66. The molecule has 9 nitrogen and oxygen atoms in total. The van der Waals surface area contributed by atoms with E-state index in [1.165, 1.54) is 6.92 Å². The van der Waals surface area contributed by atoms with Crippen LogP contribution in [0.3, 0.4) is 0 Å². The molecule has 0 saturated heterocycles. The third-order valence-corrected chi connectivity index (χ3v) is 3.49. The number of carboxylic acid groups (broad SMARTS) is 2. The molecule has 0 saturated carbocycles. The van der Waals surface area contributed by atoms with Crippen LogP contribution in [0.4, 0.5) is 0 Å². The van der Waals surface area contributed by atoms with Gasteiger partial charge in [-0.05, 0) is 31.1 Å². The Bertz CT molecular complexity index is 469. The standard InChI is InChI=1S/C8H15NO3.C6H13NO2.C6H13NO/c1-5(2)4-7(8(11)12)9-6(3)10;1-4(2)3-5(7)6(8)9;1-2-3-4-6(7)5-8/h5,7H,4H2,1-3H3,(H,9,10)(H,11,12);4-5H,3,7H2,1-2H3,(H,8,9);5-6H,2-4,7H2,1H3/t7-;5-;6-/m000/s1. The van der Waals surface area contributed by atoms with Gasteiger partial charge in [0.1, 0.15) is 18.4 Å². The molecule has 29 heavy (non-hydrogen) atoms. The van der Waals surface area contributed by atoms with E-state index in [2.05, 4.69) is 12.2 Å². The molecule has 0 spiro atoms. The Morgan fingerprint density at radius 1 is 0.966 bits per heavy atom. The zero-order valence-electron chi connectivity index (χ0n) is 18.7. The monoisotopic (exact) mass is 419 g/mol. The largest absolute Gasteiger partial charge is 0.480 e. The second-order valence-electron chi connectivity index (χ2n) is 7.74. The highest BCUT2D eigenvalue weighted by atomic mass is 16.4. The fourth-order valence-electron chi connectivity index (χ4n) is 2.05. The topological polar surface area (TPSA) is 173 Å². The Morgan fingerprint density at radius 2 is 1.45 bits per heavy atom. The first-order valence-electron chi connectivity index (χ1n) is 9.97. The average molecular weight is 420 g/mol. The van der Waals surface area contributed by atoms with Crippen molar-refractivity contribution in [2.75, 3.05) is 0 Å².